The highest BCUT2D eigenvalue weighted by molar-refractivity contribution is 9.10. The second kappa shape index (κ2) is 12.9. The number of carbonyl (C=O) groups is 2. The first-order valence-electron chi connectivity index (χ1n) is 11.4. The zero-order valence-corrected chi connectivity index (χ0v) is 22.7. The third-order valence-electron chi connectivity index (χ3n) is 5.52. The van der Waals surface area contributed by atoms with E-state index in [1.165, 1.54) is 10.6 Å². The van der Waals surface area contributed by atoms with Gasteiger partial charge in [-0.2, -0.15) is 0 Å². The van der Waals surface area contributed by atoms with Crippen LogP contribution >= 0.6 is 15.9 Å². The van der Waals surface area contributed by atoms with E-state index in [0.29, 0.717) is 25.2 Å². The number of nitrogens with zero attached hydrogens (tertiary/aromatic N) is 2. The van der Waals surface area contributed by atoms with Crippen LogP contribution in [0, 0.1) is 6.92 Å². The molecule has 7 nitrogen and oxygen atoms in total. The van der Waals surface area contributed by atoms with Gasteiger partial charge in [-0.15, -0.1) is 0 Å². The highest BCUT2D eigenvalue weighted by atomic mass is 79.9. The molecule has 0 aliphatic heterocycles. The van der Waals surface area contributed by atoms with E-state index in [4.69, 9.17) is 0 Å². The van der Waals surface area contributed by atoms with Gasteiger partial charge in [-0.25, -0.2) is 8.42 Å². The number of anilines is 1. The number of aryl methyl sites for hydroxylation is 1. The van der Waals surface area contributed by atoms with Crippen LogP contribution in [0.2, 0.25) is 0 Å². The van der Waals surface area contributed by atoms with Gasteiger partial charge in [-0.1, -0.05) is 53.2 Å². The van der Waals surface area contributed by atoms with Gasteiger partial charge in [0.1, 0.15) is 6.04 Å². The summed E-state index contributed by atoms with van der Waals surface area (Å²) in [6.45, 7) is 6.56. The molecule has 0 saturated heterocycles. The molecule has 2 aromatic carbocycles. The molecule has 0 heterocycles. The molecule has 0 spiro atoms. The Morgan fingerprint density at radius 2 is 1.74 bits per heavy atom. The summed E-state index contributed by atoms with van der Waals surface area (Å²) in [5.41, 5.74) is 2.36. The lowest BCUT2D eigenvalue weighted by Gasteiger charge is -2.29. The number of sulfonamides is 1. The first-order chi connectivity index (χ1) is 16.0. The Labute approximate surface area is 211 Å². The third kappa shape index (κ3) is 8.13. The minimum Gasteiger partial charge on any atom is -0.354 e. The molecule has 0 aliphatic carbocycles. The van der Waals surface area contributed by atoms with E-state index in [0.717, 1.165) is 22.0 Å². The largest absolute Gasteiger partial charge is 0.354 e. The summed E-state index contributed by atoms with van der Waals surface area (Å²) in [6, 6.07) is 14.2. The number of carbonyl (C=O) groups excluding carboxylic acids is 2. The van der Waals surface area contributed by atoms with Gasteiger partial charge in [0.2, 0.25) is 21.8 Å². The average molecular weight is 553 g/mol. The van der Waals surface area contributed by atoms with Crippen molar-refractivity contribution in [2.75, 3.05) is 23.7 Å². The topological polar surface area (TPSA) is 86.8 Å². The summed E-state index contributed by atoms with van der Waals surface area (Å²) in [5.74, 6) is -0.398. The molecule has 2 aromatic rings. The van der Waals surface area contributed by atoms with Gasteiger partial charge in [-0.3, -0.25) is 13.9 Å². The van der Waals surface area contributed by atoms with Gasteiger partial charge >= 0.3 is 0 Å². The van der Waals surface area contributed by atoms with Crippen LogP contribution in [0.3, 0.4) is 0 Å². The Bertz CT molecular complexity index is 1070. The summed E-state index contributed by atoms with van der Waals surface area (Å²) >= 11 is 3.41. The van der Waals surface area contributed by atoms with E-state index in [1.54, 1.807) is 24.0 Å². The number of benzene rings is 2. The second-order valence-electron chi connectivity index (χ2n) is 8.34. The van der Waals surface area contributed by atoms with Crippen molar-refractivity contribution in [3.05, 3.63) is 64.1 Å². The van der Waals surface area contributed by atoms with Crippen LogP contribution < -0.4 is 9.62 Å². The molecule has 186 valence electrons. The normalized spacial score (nSPS) is 12.1. The molecule has 1 N–H and O–H groups in total. The standard InChI is InChI=1S/C25H34BrN3O4S/c1-5-16-27-25(31)20(3)28(18-21-12-14-22(26)15-13-21)24(30)11-8-17-29(34(4,32)33)23-10-7-6-9-19(23)2/h6-7,9-10,12-15,20H,5,8,11,16-18H2,1-4H3,(H,27,31). The summed E-state index contributed by atoms with van der Waals surface area (Å²) in [7, 11) is -3.51. The molecule has 0 fully saturated rings. The first kappa shape index (κ1) is 27.9. The maximum atomic E-state index is 13.2. The van der Waals surface area contributed by atoms with Gasteiger partial charge < -0.3 is 10.2 Å². The maximum absolute atomic E-state index is 13.2. The summed E-state index contributed by atoms with van der Waals surface area (Å²) in [6.07, 6.45) is 2.43. The van der Waals surface area contributed by atoms with E-state index in [9.17, 15) is 18.0 Å². The van der Waals surface area contributed by atoms with Crippen molar-refractivity contribution < 1.29 is 18.0 Å². The fourth-order valence-electron chi connectivity index (χ4n) is 3.59. The lowest BCUT2D eigenvalue weighted by atomic mass is 10.1. The molecule has 0 aliphatic rings. The molecular weight excluding hydrogens is 518 g/mol. The van der Waals surface area contributed by atoms with Crippen molar-refractivity contribution in [1.82, 2.24) is 10.2 Å². The van der Waals surface area contributed by atoms with Crippen LogP contribution in [0.25, 0.3) is 0 Å². The molecule has 34 heavy (non-hydrogen) atoms. The van der Waals surface area contributed by atoms with Crippen LogP contribution in [-0.2, 0) is 26.2 Å². The number of nitrogens with one attached hydrogen (secondary N) is 1. The van der Waals surface area contributed by atoms with E-state index in [1.807, 2.05) is 50.2 Å². The molecule has 1 atom stereocenters. The number of rotatable bonds is 12. The monoisotopic (exact) mass is 551 g/mol. The summed E-state index contributed by atoms with van der Waals surface area (Å²) < 4.78 is 27.1. The minimum atomic E-state index is -3.51. The molecular formula is C25H34BrN3O4S. The lowest BCUT2D eigenvalue weighted by molar-refractivity contribution is -0.140. The zero-order chi connectivity index (χ0) is 25.3. The first-order valence-corrected chi connectivity index (χ1v) is 14.0. The predicted octanol–water partition coefficient (Wildman–Crippen LogP) is 4.25. The number of halogens is 1. The van der Waals surface area contributed by atoms with E-state index >= 15 is 0 Å². The molecule has 0 aromatic heterocycles. The van der Waals surface area contributed by atoms with E-state index in [2.05, 4.69) is 21.2 Å². The van der Waals surface area contributed by atoms with E-state index in [-0.39, 0.29) is 24.8 Å². The summed E-state index contributed by atoms with van der Waals surface area (Å²) in [4.78, 5) is 27.4. The molecule has 2 rings (SSSR count). The van der Waals surface area contributed by atoms with Crippen molar-refractivity contribution in [2.24, 2.45) is 0 Å². The van der Waals surface area contributed by atoms with Crippen LogP contribution in [0.5, 0.6) is 0 Å². The molecule has 9 heteroatoms. The molecule has 0 radical (unpaired) electrons. The Kier molecular flexibility index (Phi) is 10.6. The Balaban J connectivity index is 2.15. The van der Waals surface area contributed by atoms with Crippen LogP contribution in [0.1, 0.15) is 44.2 Å². The zero-order valence-electron chi connectivity index (χ0n) is 20.3. The van der Waals surface area contributed by atoms with Crippen molar-refractivity contribution in [2.45, 2.75) is 52.6 Å². The third-order valence-corrected chi connectivity index (χ3v) is 7.23. The number of hydrogen-bond acceptors (Lipinski definition) is 4. The predicted molar refractivity (Wildman–Crippen MR) is 140 cm³/mol. The van der Waals surface area contributed by atoms with Gasteiger partial charge in [-0.05, 0) is 56.0 Å². The maximum Gasteiger partial charge on any atom is 0.242 e. The minimum absolute atomic E-state index is 0.125. The lowest BCUT2D eigenvalue weighted by Crippen LogP contribution is -2.47. The SMILES string of the molecule is CCCNC(=O)C(C)N(Cc1ccc(Br)cc1)C(=O)CCCN(c1ccccc1C)S(C)(=O)=O. The molecule has 2 amide bonds. The average Bonchev–Trinajstić information content (AvgIpc) is 2.79. The molecule has 1 unspecified atom stereocenters. The van der Waals surface area contributed by atoms with Crippen molar-refractivity contribution in [3.8, 4) is 0 Å². The highest BCUT2D eigenvalue weighted by Gasteiger charge is 2.26. The molecule has 0 saturated carbocycles. The van der Waals surface area contributed by atoms with Crippen molar-refractivity contribution in [3.63, 3.8) is 0 Å². The Morgan fingerprint density at radius 1 is 1.09 bits per heavy atom. The van der Waals surface area contributed by atoms with Crippen molar-refractivity contribution >= 4 is 43.5 Å². The molecule has 0 bridgehead atoms. The number of amides is 2. The Morgan fingerprint density at radius 3 is 2.32 bits per heavy atom. The van der Waals surface area contributed by atoms with Gasteiger partial charge in [0.25, 0.3) is 0 Å². The summed E-state index contributed by atoms with van der Waals surface area (Å²) in [5, 5.41) is 2.86. The van der Waals surface area contributed by atoms with Crippen LogP contribution in [-0.4, -0.2) is 50.5 Å². The van der Waals surface area contributed by atoms with Gasteiger partial charge in [0, 0.05) is 30.5 Å². The highest BCUT2D eigenvalue weighted by Crippen LogP contribution is 2.23. The van der Waals surface area contributed by atoms with Crippen LogP contribution in [0.15, 0.2) is 53.0 Å². The fourth-order valence-corrected chi connectivity index (χ4v) is 4.88. The van der Waals surface area contributed by atoms with Crippen molar-refractivity contribution in [1.29, 1.82) is 0 Å². The van der Waals surface area contributed by atoms with Gasteiger partial charge in [0.15, 0.2) is 0 Å². The van der Waals surface area contributed by atoms with E-state index < -0.39 is 16.1 Å². The Hall–Kier alpha value is -2.39. The van der Waals surface area contributed by atoms with Gasteiger partial charge in [0.05, 0.1) is 11.9 Å². The number of hydrogen-bond donors (Lipinski definition) is 1. The fraction of sp³-hybridized carbons (Fsp3) is 0.440. The van der Waals surface area contributed by atoms with Crippen LogP contribution in [0.4, 0.5) is 5.69 Å². The quantitative estimate of drug-likeness (QED) is 0.427. The smallest absolute Gasteiger partial charge is 0.242 e. The number of para-hydroxylation sites is 1. The second-order valence-corrected chi connectivity index (χ2v) is 11.2.